The number of rotatable bonds is 3. The topological polar surface area (TPSA) is 72.6 Å². The number of aryl methyl sites for hydroxylation is 1. The number of nitrogens with zero attached hydrogens (tertiary/aromatic N) is 7. The molecule has 0 radical (unpaired) electrons. The standard InChI is InChI=1S/C21H25N7/c1-13(2)19-25-26-20-14(3)27(11-12-28(19)20)21-15-7-6-9-16(15)23-18(24-21)17-8-4-5-10-22-17/h4-5,8,10,13-14H,6-7,9,11-12H2,1-3H3. The Labute approximate surface area is 164 Å². The molecule has 7 nitrogen and oxygen atoms in total. The molecule has 1 aliphatic carbocycles. The summed E-state index contributed by atoms with van der Waals surface area (Å²) in [5, 5.41) is 8.98. The first-order valence-corrected chi connectivity index (χ1v) is 10.1. The second-order valence-corrected chi connectivity index (χ2v) is 7.96. The molecule has 0 bridgehead atoms. The smallest absolute Gasteiger partial charge is 0.180 e. The number of hydrogen-bond donors (Lipinski definition) is 0. The fraction of sp³-hybridized carbons (Fsp3) is 0.476. The molecule has 2 aliphatic rings. The van der Waals surface area contributed by atoms with Gasteiger partial charge in [-0.2, -0.15) is 0 Å². The minimum atomic E-state index is 0.130. The van der Waals surface area contributed by atoms with Gasteiger partial charge in [-0.3, -0.25) is 4.98 Å². The van der Waals surface area contributed by atoms with Crippen LogP contribution in [0.2, 0.25) is 0 Å². The van der Waals surface area contributed by atoms with Crippen LogP contribution in [0.15, 0.2) is 24.4 Å². The van der Waals surface area contributed by atoms with Gasteiger partial charge in [0.25, 0.3) is 0 Å². The molecule has 7 heteroatoms. The van der Waals surface area contributed by atoms with E-state index < -0.39 is 0 Å². The first-order chi connectivity index (χ1) is 13.6. The molecule has 0 saturated carbocycles. The maximum atomic E-state index is 5.00. The largest absolute Gasteiger partial charge is 0.344 e. The molecule has 0 spiro atoms. The fourth-order valence-electron chi connectivity index (χ4n) is 4.38. The van der Waals surface area contributed by atoms with Gasteiger partial charge in [-0.25, -0.2) is 9.97 Å². The Balaban J connectivity index is 1.58. The van der Waals surface area contributed by atoms with E-state index in [2.05, 4.69) is 45.4 Å². The third-order valence-electron chi connectivity index (χ3n) is 5.81. The Hall–Kier alpha value is -2.83. The lowest BCUT2D eigenvalue weighted by Gasteiger charge is -2.36. The van der Waals surface area contributed by atoms with Crippen molar-refractivity contribution in [2.75, 3.05) is 11.4 Å². The Bertz CT molecular complexity index is 1010. The molecule has 1 unspecified atom stereocenters. The fourth-order valence-corrected chi connectivity index (χ4v) is 4.38. The molecule has 0 saturated heterocycles. The Kier molecular flexibility index (Phi) is 4.10. The zero-order valence-corrected chi connectivity index (χ0v) is 16.6. The van der Waals surface area contributed by atoms with Gasteiger partial charge in [-0.05, 0) is 38.3 Å². The van der Waals surface area contributed by atoms with Gasteiger partial charge in [0.2, 0.25) is 0 Å². The minimum absolute atomic E-state index is 0.130. The first-order valence-electron chi connectivity index (χ1n) is 10.1. The molecule has 3 aromatic rings. The third-order valence-corrected chi connectivity index (χ3v) is 5.81. The Morgan fingerprint density at radius 2 is 1.96 bits per heavy atom. The van der Waals surface area contributed by atoms with Crippen molar-refractivity contribution < 1.29 is 0 Å². The highest BCUT2D eigenvalue weighted by Gasteiger charge is 2.33. The maximum absolute atomic E-state index is 5.00. The molecule has 1 aliphatic heterocycles. The lowest BCUT2D eigenvalue weighted by atomic mass is 10.1. The summed E-state index contributed by atoms with van der Waals surface area (Å²) in [6, 6.07) is 6.01. The lowest BCUT2D eigenvalue weighted by molar-refractivity contribution is 0.476. The number of fused-ring (bicyclic) bond motifs is 2. The van der Waals surface area contributed by atoms with E-state index >= 15 is 0 Å². The quantitative estimate of drug-likeness (QED) is 0.699. The zero-order valence-electron chi connectivity index (χ0n) is 16.6. The molecule has 0 amide bonds. The van der Waals surface area contributed by atoms with Gasteiger partial charge in [-0.15, -0.1) is 10.2 Å². The number of aromatic nitrogens is 6. The van der Waals surface area contributed by atoms with Crippen molar-refractivity contribution in [1.29, 1.82) is 0 Å². The molecule has 28 heavy (non-hydrogen) atoms. The summed E-state index contributed by atoms with van der Waals surface area (Å²) in [5.41, 5.74) is 3.30. The van der Waals surface area contributed by atoms with Crippen LogP contribution in [0.25, 0.3) is 11.5 Å². The molecule has 0 aromatic carbocycles. The maximum Gasteiger partial charge on any atom is 0.180 e. The molecule has 5 rings (SSSR count). The highest BCUT2D eigenvalue weighted by atomic mass is 15.4. The minimum Gasteiger partial charge on any atom is -0.344 e. The van der Waals surface area contributed by atoms with Gasteiger partial charge in [0.15, 0.2) is 11.6 Å². The summed E-state index contributed by atoms with van der Waals surface area (Å²) in [6.45, 7) is 8.33. The van der Waals surface area contributed by atoms with Crippen molar-refractivity contribution in [3.05, 3.63) is 47.3 Å². The molecular weight excluding hydrogens is 350 g/mol. The second-order valence-electron chi connectivity index (χ2n) is 7.96. The van der Waals surface area contributed by atoms with Gasteiger partial charge >= 0.3 is 0 Å². The van der Waals surface area contributed by atoms with E-state index in [1.807, 2.05) is 18.2 Å². The summed E-state index contributed by atoms with van der Waals surface area (Å²) >= 11 is 0. The predicted octanol–water partition coefficient (Wildman–Crippen LogP) is 3.32. The molecule has 144 valence electrons. The van der Waals surface area contributed by atoms with Crippen LogP contribution in [-0.4, -0.2) is 36.3 Å². The second kappa shape index (κ2) is 6.65. The van der Waals surface area contributed by atoms with Crippen LogP contribution in [0.4, 0.5) is 5.82 Å². The van der Waals surface area contributed by atoms with E-state index in [9.17, 15) is 0 Å². The van der Waals surface area contributed by atoms with Crippen molar-refractivity contribution in [3.8, 4) is 11.5 Å². The monoisotopic (exact) mass is 375 g/mol. The third kappa shape index (κ3) is 2.68. The first kappa shape index (κ1) is 17.3. The van der Waals surface area contributed by atoms with E-state index in [1.54, 1.807) is 6.20 Å². The zero-order chi connectivity index (χ0) is 19.3. The molecule has 4 heterocycles. The van der Waals surface area contributed by atoms with Crippen LogP contribution in [0.1, 0.15) is 62.1 Å². The van der Waals surface area contributed by atoms with E-state index in [4.69, 9.17) is 9.97 Å². The van der Waals surface area contributed by atoms with Crippen molar-refractivity contribution in [2.45, 2.75) is 58.5 Å². The van der Waals surface area contributed by atoms with Crippen molar-refractivity contribution in [3.63, 3.8) is 0 Å². The predicted molar refractivity (Wildman–Crippen MR) is 107 cm³/mol. The summed E-state index contributed by atoms with van der Waals surface area (Å²) in [4.78, 5) is 16.7. The SMILES string of the molecule is CC(C)c1nnc2n1CCN(c1nc(-c3ccccn3)nc3c1CCC3)C2C. The molecule has 1 atom stereocenters. The van der Waals surface area contributed by atoms with E-state index in [0.29, 0.717) is 5.92 Å². The summed E-state index contributed by atoms with van der Waals surface area (Å²) in [6.07, 6.45) is 4.99. The van der Waals surface area contributed by atoms with Crippen LogP contribution in [0.5, 0.6) is 0 Å². The van der Waals surface area contributed by atoms with Crippen LogP contribution in [0, 0.1) is 0 Å². The van der Waals surface area contributed by atoms with Crippen LogP contribution < -0.4 is 4.90 Å². The van der Waals surface area contributed by atoms with Crippen LogP contribution in [-0.2, 0) is 19.4 Å². The van der Waals surface area contributed by atoms with E-state index in [-0.39, 0.29) is 6.04 Å². The van der Waals surface area contributed by atoms with Gasteiger partial charge < -0.3 is 9.47 Å². The van der Waals surface area contributed by atoms with Gasteiger partial charge in [0, 0.05) is 36.5 Å². The van der Waals surface area contributed by atoms with E-state index in [1.165, 1.54) is 11.3 Å². The Morgan fingerprint density at radius 1 is 1.07 bits per heavy atom. The highest BCUT2D eigenvalue weighted by Crippen LogP contribution is 2.36. The van der Waals surface area contributed by atoms with Crippen molar-refractivity contribution in [2.24, 2.45) is 0 Å². The molecular formula is C21H25N7. The number of anilines is 1. The van der Waals surface area contributed by atoms with Crippen LogP contribution >= 0.6 is 0 Å². The van der Waals surface area contributed by atoms with Crippen LogP contribution in [0.3, 0.4) is 0 Å². The number of hydrogen-bond acceptors (Lipinski definition) is 6. The lowest BCUT2D eigenvalue weighted by Crippen LogP contribution is -2.39. The molecule has 0 fully saturated rings. The summed E-state index contributed by atoms with van der Waals surface area (Å²) in [7, 11) is 0. The average Bonchev–Trinajstić information content (AvgIpc) is 3.35. The molecule has 3 aromatic heterocycles. The highest BCUT2D eigenvalue weighted by molar-refractivity contribution is 5.59. The number of pyridine rings is 1. The summed E-state index contributed by atoms with van der Waals surface area (Å²) < 4.78 is 2.28. The van der Waals surface area contributed by atoms with Gasteiger partial charge in [0.1, 0.15) is 17.3 Å². The van der Waals surface area contributed by atoms with Crippen molar-refractivity contribution in [1.82, 2.24) is 29.7 Å². The Morgan fingerprint density at radius 3 is 2.75 bits per heavy atom. The van der Waals surface area contributed by atoms with Gasteiger partial charge in [-0.1, -0.05) is 19.9 Å². The average molecular weight is 375 g/mol. The normalized spacial score (nSPS) is 18.4. The molecule has 0 N–H and O–H groups in total. The van der Waals surface area contributed by atoms with Gasteiger partial charge in [0.05, 0.1) is 6.04 Å². The summed E-state index contributed by atoms with van der Waals surface area (Å²) in [5.74, 6) is 4.25. The van der Waals surface area contributed by atoms with E-state index in [0.717, 1.165) is 61.3 Å². The van der Waals surface area contributed by atoms with Crippen molar-refractivity contribution >= 4 is 5.82 Å².